The van der Waals surface area contributed by atoms with Crippen LogP contribution in [0.15, 0.2) is 47.9 Å². The maximum atomic E-state index is 10.9. The van der Waals surface area contributed by atoms with Gasteiger partial charge in [0.2, 0.25) is 5.12 Å². The maximum Gasteiger partial charge on any atom is 0.211 e. The van der Waals surface area contributed by atoms with Gasteiger partial charge in [0.05, 0.1) is 0 Å². The number of benzene rings is 1. The average molecular weight is 224 g/mol. The van der Waals surface area contributed by atoms with E-state index < -0.39 is 0 Å². The summed E-state index contributed by atoms with van der Waals surface area (Å²) in [4.78, 5) is 12.1. The van der Waals surface area contributed by atoms with Crippen molar-refractivity contribution in [2.45, 2.75) is 4.90 Å². The molecule has 0 bridgehead atoms. The summed E-state index contributed by atoms with van der Waals surface area (Å²) in [7, 11) is 0. The molecule has 0 aliphatic rings. The Hall–Kier alpha value is -0.670. The first kappa shape index (κ1) is 11.4. The van der Waals surface area contributed by atoms with Gasteiger partial charge in [0.15, 0.2) is 0 Å². The van der Waals surface area contributed by atoms with Gasteiger partial charge in [-0.1, -0.05) is 36.5 Å². The minimum absolute atomic E-state index is 0.0543. The number of thioether (sulfide) groups is 2. The molecule has 0 N–H and O–H groups in total. The molecular formula is C11H12OS2. The third kappa shape index (κ3) is 4.53. The molecule has 0 aliphatic carbocycles. The van der Waals surface area contributed by atoms with E-state index in [-0.39, 0.29) is 5.12 Å². The summed E-state index contributed by atoms with van der Waals surface area (Å²) in [5.41, 5.74) is 0. The van der Waals surface area contributed by atoms with E-state index in [1.54, 1.807) is 11.8 Å². The highest BCUT2D eigenvalue weighted by atomic mass is 32.2. The van der Waals surface area contributed by atoms with E-state index in [0.29, 0.717) is 0 Å². The molecule has 1 aromatic carbocycles. The van der Waals surface area contributed by atoms with E-state index in [1.165, 1.54) is 22.7 Å². The maximum absolute atomic E-state index is 10.9. The van der Waals surface area contributed by atoms with Gasteiger partial charge in [-0.05, 0) is 18.2 Å². The van der Waals surface area contributed by atoms with Gasteiger partial charge < -0.3 is 0 Å². The molecule has 0 fully saturated rings. The highest BCUT2D eigenvalue weighted by Crippen LogP contribution is 2.18. The van der Waals surface area contributed by atoms with E-state index in [4.69, 9.17) is 0 Å². The van der Waals surface area contributed by atoms with Crippen molar-refractivity contribution in [2.24, 2.45) is 0 Å². The summed E-state index contributed by atoms with van der Waals surface area (Å²) < 4.78 is 0. The molecule has 0 aliphatic heterocycles. The van der Waals surface area contributed by atoms with E-state index in [1.807, 2.05) is 18.2 Å². The lowest BCUT2D eigenvalue weighted by Gasteiger charge is -1.99. The van der Waals surface area contributed by atoms with Gasteiger partial charge in [0, 0.05) is 16.4 Å². The number of hydrogen-bond acceptors (Lipinski definition) is 3. The Morgan fingerprint density at radius 1 is 1.29 bits per heavy atom. The Morgan fingerprint density at radius 3 is 2.64 bits per heavy atom. The summed E-state index contributed by atoms with van der Waals surface area (Å²) >= 11 is 3.08. The van der Waals surface area contributed by atoms with Gasteiger partial charge in [-0.2, -0.15) is 0 Å². The first-order chi connectivity index (χ1) is 6.83. The summed E-state index contributed by atoms with van der Waals surface area (Å²) in [6.07, 6.45) is 1.36. The average Bonchev–Trinajstić information content (AvgIpc) is 2.25. The second-order valence-electron chi connectivity index (χ2n) is 2.53. The molecule has 0 heterocycles. The Labute approximate surface area is 93.0 Å². The molecule has 0 amide bonds. The molecule has 14 heavy (non-hydrogen) atoms. The van der Waals surface area contributed by atoms with E-state index in [2.05, 4.69) is 18.7 Å². The second-order valence-corrected chi connectivity index (χ2v) is 4.80. The van der Waals surface area contributed by atoms with Crippen LogP contribution in [0, 0.1) is 0 Å². The highest BCUT2D eigenvalue weighted by Gasteiger charge is 1.97. The van der Waals surface area contributed by atoms with Crippen LogP contribution in [0.1, 0.15) is 0 Å². The molecule has 0 aromatic heterocycles. The first-order valence-corrected chi connectivity index (χ1v) is 6.27. The predicted octanol–water partition coefficient (Wildman–Crippen LogP) is 3.22. The number of carbonyl (C=O) groups is 1. The predicted molar refractivity (Wildman–Crippen MR) is 64.8 cm³/mol. The van der Waals surface area contributed by atoms with Crippen molar-refractivity contribution in [3.63, 3.8) is 0 Å². The minimum Gasteiger partial charge on any atom is -0.282 e. The van der Waals surface area contributed by atoms with Crippen molar-refractivity contribution in [1.82, 2.24) is 0 Å². The molecule has 0 atom stereocenters. The lowest BCUT2D eigenvalue weighted by Crippen LogP contribution is -1.89. The molecule has 1 rings (SSSR count). The van der Waals surface area contributed by atoms with E-state index in [0.717, 1.165) is 11.5 Å². The zero-order valence-electron chi connectivity index (χ0n) is 7.81. The van der Waals surface area contributed by atoms with Crippen LogP contribution in [0.4, 0.5) is 0 Å². The molecule has 74 valence electrons. The molecule has 1 aromatic rings. The largest absolute Gasteiger partial charge is 0.282 e. The third-order valence-corrected chi connectivity index (χ3v) is 3.64. The summed E-state index contributed by atoms with van der Waals surface area (Å²) in [6.45, 7) is 3.42. The van der Waals surface area contributed by atoms with Crippen LogP contribution in [0.25, 0.3) is 0 Å². The fourth-order valence-electron chi connectivity index (χ4n) is 0.877. The molecular weight excluding hydrogens is 212 g/mol. The van der Waals surface area contributed by atoms with Crippen LogP contribution < -0.4 is 0 Å². The van der Waals surface area contributed by atoms with Crippen molar-refractivity contribution in [3.05, 3.63) is 43.0 Å². The van der Waals surface area contributed by atoms with Crippen LogP contribution in [0.5, 0.6) is 0 Å². The normalized spacial score (nSPS) is 9.71. The molecule has 0 saturated carbocycles. The molecule has 0 spiro atoms. The summed E-state index contributed by atoms with van der Waals surface area (Å²) in [5, 5.41) is 0.0543. The van der Waals surface area contributed by atoms with Crippen molar-refractivity contribution < 1.29 is 4.79 Å². The monoisotopic (exact) mass is 224 g/mol. The van der Waals surface area contributed by atoms with Gasteiger partial charge >= 0.3 is 0 Å². The summed E-state index contributed by atoms with van der Waals surface area (Å²) in [6, 6.07) is 10.2. The third-order valence-electron chi connectivity index (χ3n) is 1.51. The van der Waals surface area contributed by atoms with Crippen molar-refractivity contribution in [1.29, 1.82) is 0 Å². The Balaban J connectivity index is 2.16. The van der Waals surface area contributed by atoms with Gasteiger partial charge in [0.25, 0.3) is 0 Å². The fraction of sp³-hybridized carbons (Fsp3) is 0.182. The number of hydrogen-bond donors (Lipinski definition) is 0. The number of carbonyl (C=O) groups excluding carboxylic acids is 1. The van der Waals surface area contributed by atoms with E-state index >= 15 is 0 Å². The second kappa shape index (κ2) is 6.74. The number of rotatable bonds is 5. The summed E-state index contributed by atoms with van der Waals surface area (Å²) in [5.74, 6) is 1.79. The van der Waals surface area contributed by atoms with Crippen LogP contribution in [0.3, 0.4) is 0 Å². The Kier molecular flexibility index (Phi) is 5.49. The molecule has 0 saturated heterocycles. The quantitative estimate of drug-likeness (QED) is 0.434. The lowest BCUT2D eigenvalue weighted by molar-refractivity contribution is -0.107. The SMILES string of the molecule is C=CC(=O)SCCSc1ccccc1. The van der Waals surface area contributed by atoms with Gasteiger partial charge in [-0.15, -0.1) is 11.8 Å². The van der Waals surface area contributed by atoms with Crippen molar-refractivity contribution in [3.8, 4) is 0 Å². The Morgan fingerprint density at radius 2 is 2.00 bits per heavy atom. The minimum atomic E-state index is 0.0543. The topological polar surface area (TPSA) is 17.1 Å². The first-order valence-electron chi connectivity index (χ1n) is 4.30. The van der Waals surface area contributed by atoms with E-state index in [9.17, 15) is 4.79 Å². The Bertz CT molecular complexity index is 295. The molecule has 0 radical (unpaired) electrons. The zero-order valence-corrected chi connectivity index (χ0v) is 9.44. The van der Waals surface area contributed by atoms with Crippen LogP contribution in [-0.2, 0) is 4.79 Å². The van der Waals surface area contributed by atoms with Crippen molar-refractivity contribution in [2.75, 3.05) is 11.5 Å². The standard InChI is InChI=1S/C11H12OS2/c1-2-11(12)14-9-8-13-10-6-4-3-5-7-10/h2-7H,1,8-9H2. The highest BCUT2D eigenvalue weighted by molar-refractivity contribution is 8.14. The molecule has 0 unspecified atom stereocenters. The molecule has 1 nitrogen and oxygen atoms in total. The van der Waals surface area contributed by atoms with Crippen LogP contribution in [0.2, 0.25) is 0 Å². The van der Waals surface area contributed by atoms with Crippen molar-refractivity contribution >= 4 is 28.6 Å². The molecule has 3 heteroatoms. The van der Waals surface area contributed by atoms with Crippen LogP contribution >= 0.6 is 23.5 Å². The van der Waals surface area contributed by atoms with Crippen LogP contribution in [-0.4, -0.2) is 16.6 Å². The lowest BCUT2D eigenvalue weighted by atomic mass is 10.4. The van der Waals surface area contributed by atoms with Gasteiger partial charge in [-0.25, -0.2) is 0 Å². The fourth-order valence-corrected chi connectivity index (χ4v) is 2.45. The zero-order chi connectivity index (χ0) is 10.2. The van der Waals surface area contributed by atoms with Gasteiger partial charge in [0.1, 0.15) is 0 Å². The van der Waals surface area contributed by atoms with Gasteiger partial charge in [-0.3, -0.25) is 4.79 Å². The smallest absolute Gasteiger partial charge is 0.211 e.